The van der Waals surface area contributed by atoms with Crippen molar-refractivity contribution in [1.82, 2.24) is 14.7 Å². The lowest BCUT2D eigenvalue weighted by atomic mass is 9.95. The van der Waals surface area contributed by atoms with Crippen molar-refractivity contribution in [3.8, 4) is 0 Å². The zero-order chi connectivity index (χ0) is 13.8. The summed E-state index contributed by atoms with van der Waals surface area (Å²) in [4.78, 5) is 2.48. The Morgan fingerprint density at radius 3 is 2.79 bits per heavy atom. The van der Waals surface area contributed by atoms with E-state index < -0.39 is 0 Å². The Morgan fingerprint density at radius 1 is 1.42 bits per heavy atom. The summed E-state index contributed by atoms with van der Waals surface area (Å²) in [6, 6.07) is 3.08. The van der Waals surface area contributed by atoms with Gasteiger partial charge in [0.2, 0.25) is 0 Å². The molecule has 0 saturated carbocycles. The predicted octanol–water partition coefficient (Wildman–Crippen LogP) is 2.41. The molecule has 2 heterocycles. The molecule has 0 amide bonds. The summed E-state index contributed by atoms with van der Waals surface area (Å²) in [6.45, 7) is 9.86. The molecule has 19 heavy (non-hydrogen) atoms. The number of aromatic nitrogens is 2. The summed E-state index contributed by atoms with van der Waals surface area (Å²) >= 11 is 0. The lowest BCUT2D eigenvalue weighted by Crippen LogP contribution is -2.45. The fourth-order valence-electron chi connectivity index (χ4n) is 2.95. The van der Waals surface area contributed by atoms with Gasteiger partial charge in [0.25, 0.3) is 0 Å². The van der Waals surface area contributed by atoms with E-state index in [-0.39, 0.29) is 0 Å². The van der Waals surface area contributed by atoms with Gasteiger partial charge in [-0.1, -0.05) is 20.8 Å². The van der Waals surface area contributed by atoms with Crippen LogP contribution in [0.5, 0.6) is 0 Å². The van der Waals surface area contributed by atoms with Crippen LogP contribution in [0, 0.1) is 5.92 Å². The number of piperidine rings is 1. The molecule has 2 N–H and O–H groups in total. The first-order chi connectivity index (χ1) is 9.13. The van der Waals surface area contributed by atoms with Gasteiger partial charge in [0, 0.05) is 31.9 Å². The molecule has 4 heteroatoms. The molecule has 2 unspecified atom stereocenters. The molecule has 0 bridgehead atoms. The maximum Gasteiger partial charge on any atom is 0.0764 e. The summed E-state index contributed by atoms with van der Waals surface area (Å²) in [5.74, 6) is 0.592. The summed E-state index contributed by atoms with van der Waals surface area (Å²) < 4.78 is 2.13. The molecule has 1 aromatic rings. The largest absolute Gasteiger partial charge is 0.327 e. The number of rotatable bonds is 5. The molecular weight excluding hydrogens is 236 g/mol. The van der Waals surface area contributed by atoms with Crippen LogP contribution >= 0.6 is 0 Å². The van der Waals surface area contributed by atoms with E-state index in [4.69, 9.17) is 10.8 Å². The van der Waals surface area contributed by atoms with E-state index >= 15 is 0 Å². The summed E-state index contributed by atoms with van der Waals surface area (Å²) in [6.07, 6.45) is 5.53. The number of hydrogen-bond donors (Lipinski definition) is 1. The highest BCUT2D eigenvalue weighted by Gasteiger charge is 2.23. The predicted molar refractivity (Wildman–Crippen MR) is 78.9 cm³/mol. The normalized spacial score (nSPS) is 25.1. The molecule has 0 aromatic carbocycles. The van der Waals surface area contributed by atoms with Gasteiger partial charge in [0.1, 0.15) is 0 Å². The first-order valence-electron chi connectivity index (χ1n) is 7.66. The SMILES string of the molecule is CCC(CC)n1ccc(CN2CCC(N)C(C)C2)n1. The molecule has 2 rings (SSSR count). The fraction of sp³-hybridized carbons (Fsp3) is 0.800. The molecule has 2 atom stereocenters. The Hall–Kier alpha value is -0.870. The Balaban J connectivity index is 1.93. The van der Waals surface area contributed by atoms with Gasteiger partial charge in [-0.3, -0.25) is 9.58 Å². The second-order valence-corrected chi connectivity index (χ2v) is 5.92. The van der Waals surface area contributed by atoms with Crippen LogP contribution in [0.15, 0.2) is 12.3 Å². The lowest BCUT2D eigenvalue weighted by Gasteiger charge is -2.34. The molecule has 4 nitrogen and oxygen atoms in total. The van der Waals surface area contributed by atoms with Crippen LogP contribution in [-0.4, -0.2) is 33.8 Å². The third-order valence-corrected chi connectivity index (χ3v) is 4.42. The molecule has 1 aromatic heterocycles. The van der Waals surface area contributed by atoms with Gasteiger partial charge in [-0.25, -0.2) is 0 Å². The van der Waals surface area contributed by atoms with Crippen molar-refractivity contribution in [3.05, 3.63) is 18.0 Å². The Bertz CT molecular complexity index is 383. The van der Waals surface area contributed by atoms with E-state index in [2.05, 4.69) is 42.6 Å². The van der Waals surface area contributed by atoms with Gasteiger partial charge < -0.3 is 5.73 Å². The lowest BCUT2D eigenvalue weighted by molar-refractivity contribution is 0.155. The standard InChI is InChI=1S/C15H28N4/c1-4-14(5-2)19-9-6-13(17-19)11-18-8-7-15(16)12(3)10-18/h6,9,12,14-15H,4-5,7-8,10-11,16H2,1-3H3. The molecule has 1 saturated heterocycles. The topological polar surface area (TPSA) is 47.1 Å². The first-order valence-corrected chi connectivity index (χ1v) is 7.66. The van der Waals surface area contributed by atoms with Crippen molar-refractivity contribution in [3.63, 3.8) is 0 Å². The smallest absolute Gasteiger partial charge is 0.0764 e. The quantitative estimate of drug-likeness (QED) is 0.888. The third-order valence-electron chi connectivity index (χ3n) is 4.42. The monoisotopic (exact) mass is 264 g/mol. The maximum atomic E-state index is 6.07. The molecular formula is C15H28N4. The third kappa shape index (κ3) is 3.57. The molecule has 1 aliphatic heterocycles. The van der Waals surface area contributed by atoms with Gasteiger partial charge in [0.05, 0.1) is 11.7 Å². The van der Waals surface area contributed by atoms with Gasteiger partial charge in [0.15, 0.2) is 0 Å². The first kappa shape index (κ1) is 14.5. The minimum atomic E-state index is 0.373. The van der Waals surface area contributed by atoms with E-state index in [1.807, 2.05) is 0 Å². The minimum absolute atomic E-state index is 0.373. The van der Waals surface area contributed by atoms with Crippen molar-refractivity contribution in [2.45, 2.75) is 58.7 Å². The summed E-state index contributed by atoms with van der Waals surface area (Å²) in [5, 5.41) is 4.73. The molecule has 1 fully saturated rings. The molecule has 0 spiro atoms. The highest BCUT2D eigenvalue weighted by atomic mass is 15.3. The van der Waals surface area contributed by atoms with Crippen LogP contribution in [0.2, 0.25) is 0 Å². The highest BCUT2D eigenvalue weighted by molar-refractivity contribution is 5.00. The minimum Gasteiger partial charge on any atom is -0.327 e. The fourth-order valence-corrected chi connectivity index (χ4v) is 2.95. The van der Waals surface area contributed by atoms with Crippen LogP contribution in [-0.2, 0) is 6.54 Å². The second-order valence-electron chi connectivity index (χ2n) is 5.92. The number of likely N-dealkylation sites (tertiary alicyclic amines) is 1. The second kappa shape index (κ2) is 6.53. The van der Waals surface area contributed by atoms with Crippen molar-refractivity contribution in [2.75, 3.05) is 13.1 Å². The zero-order valence-electron chi connectivity index (χ0n) is 12.5. The summed E-state index contributed by atoms with van der Waals surface area (Å²) in [5.41, 5.74) is 7.26. The summed E-state index contributed by atoms with van der Waals surface area (Å²) in [7, 11) is 0. The molecule has 0 radical (unpaired) electrons. The van der Waals surface area contributed by atoms with Crippen LogP contribution in [0.3, 0.4) is 0 Å². The zero-order valence-corrected chi connectivity index (χ0v) is 12.5. The van der Waals surface area contributed by atoms with E-state index in [9.17, 15) is 0 Å². The van der Waals surface area contributed by atoms with Crippen molar-refractivity contribution < 1.29 is 0 Å². The van der Waals surface area contributed by atoms with Gasteiger partial charge in [-0.15, -0.1) is 0 Å². The van der Waals surface area contributed by atoms with Crippen LogP contribution in [0.4, 0.5) is 0 Å². The molecule has 0 aliphatic carbocycles. The van der Waals surface area contributed by atoms with Gasteiger partial charge in [-0.05, 0) is 31.2 Å². The number of nitrogens with zero attached hydrogens (tertiary/aromatic N) is 3. The van der Waals surface area contributed by atoms with E-state index in [1.165, 1.54) is 5.69 Å². The Labute approximate surface area is 117 Å². The van der Waals surface area contributed by atoms with Gasteiger partial charge in [-0.2, -0.15) is 5.10 Å². The van der Waals surface area contributed by atoms with Crippen LogP contribution < -0.4 is 5.73 Å². The average molecular weight is 264 g/mol. The highest BCUT2D eigenvalue weighted by Crippen LogP contribution is 2.18. The van der Waals surface area contributed by atoms with E-state index in [1.54, 1.807) is 0 Å². The van der Waals surface area contributed by atoms with Crippen molar-refractivity contribution in [2.24, 2.45) is 11.7 Å². The number of hydrogen-bond acceptors (Lipinski definition) is 3. The van der Waals surface area contributed by atoms with Crippen LogP contribution in [0.25, 0.3) is 0 Å². The van der Waals surface area contributed by atoms with Gasteiger partial charge >= 0.3 is 0 Å². The van der Waals surface area contributed by atoms with E-state index in [0.717, 1.165) is 38.9 Å². The molecule has 108 valence electrons. The van der Waals surface area contributed by atoms with Crippen molar-refractivity contribution >= 4 is 0 Å². The van der Waals surface area contributed by atoms with E-state index in [0.29, 0.717) is 18.0 Å². The Morgan fingerprint density at radius 2 is 2.16 bits per heavy atom. The van der Waals surface area contributed by atoms with Crippen molar-refractivity contribution in [1.29, 1.82) is 0 Å². The Kier molecular flexibility index (Phi) is 4.99. The molecule has 1 aliphatic rings. The average Bonchev–Trinajstić information content (AvgIpc) is 2.84. The van der Waals surface area contributed by atoms with Crippen LogP contribution in [0.1, 0.15) is 51.8 Å². The maximum absolute atomic E-state index is 6.07. The number of nitrogens with two attached hydrogens (primary N) is 1.